The van der Waals surface area contributed by atoms with E-state index >= 15 is 0 Å². The van der Waals surface area contributed by atoms with E-state index in [9.17, 15) is 9.59 Å². The zero-order chi connectivity index (χ0) is 13.1. The minimum Gasteiger partial charge on any atom is -0.478 e. The number of carboxylic acid groups (broad SMARTS) is 1. The molecule has 0 spiro atoms. The summed E-state index contributed by atoms with van der Waals surface area (Å²) in [5.41, 5.74) is 0.644. The van der Waals surface area contributed by atoms with Gasteiger partial charge in [0.15, 0.2) is 0 Å². The lowest BCUT2D eigenvalue weighted by molar-refractivity contribution is -0.117. The second kappa shape index (κ2) is 5.49. The van der Waals surface area contributed by atoms with E-state index in [0.717, 1.165) is 13.1 Å². The average Bonchev–Trinajstić information content (AvgIpc) is 2.26. The van der Waals surface area contributed by atoms with Gasteiger partial charge in [-0.15, -0.1) is 0 Å². The van der Waals surface area contributed by atoms with Gasteiger partial charge in [-0.2, -0.15) is 0 Å². The highest BCUT2D eigenvalue weighted by Gasteiger charge is 2.20. The van der Waals surface area contributed by atoms with Crippen LogP contribution in [0, 0.1) is 5.92 Å². The van der Waals surface area contributed by atoms with E-state index in [1.165, 1.54) is 6.07 Å². The van der Waals surface area contributed by atoms with Crippen LogP contribution in [0.4, 0.5) is 5.69 Å². The molecule has 18 heavy (non-hydrogen) atoms. The number of benzene rings is 1. The van der Waals surface area contributed by atoms with Crippen LogP contribution in [0.2, 0.25) is 0 Å². The summed E-state index contributed by atoms with van der Waals surface area (Å²) < 4.78 is 0.496. The lowest BCUT2D eigenvalue weighted by Crippen LogP contribution is -2.43. The van der Waals surface area contributed by atoms with Crippen molar-refractivity contribution in [2.75, 3.05) is 18.4 Å². The molecule has 0 saturated carbocycles. The summed E-state index contributed by atoms with van der Waals surface area (Å²) in [5.74, 6) is -0.722. The Bertz CT molecular complexity index is 486. The number of carbonyl (C=O) groups is 2. The number of amides is 1. The molecular weight excluding hydrogens is 300 g/mol. The minimum absolute atomic E-state index is 0.0832. The fraction of sp³-hybridized carbons (Fsp3) is 0.333. The first-order chi connectivity index (χ1) is 8.56. The Balaban J connectivity index is 2.02. The number of anilines is 1. The average molecular weight is 313 g/mol. The smallest absolute Gasteiger partial charge is 0.336 e. The predicted molar refractivity (Wildman–Crippen MR) is 70.7 cm³/mol. The molecule has 0 unspecified atom stereocenters. The van der Waals surface area contributed by atoms with Crippen molar-refractivity contribution in [2.24, 2.45) is 5.92 Å². The minimum atomic E-state index is -1.03. The molecule has 1 fully saturated rings. The van der Waals surface area contributed by atoms with E-state index in [-0.39, 0.29) is 11.5 Å². The number of aromatic carboxylic acids is 1. The maximum Gasteiger partial charge on any atom is 0.336 e. The van der Waals surface area contributed by atoms with Gasteiger partial charge < -0.3 is 15.7 Å². The largest absolute Gasteiger partial charge is 0.478 e. The number of rotatable bonds is 4. The summed E-state index contributed by atoms with van der Waals surface area (Å²) in [5, 5.41) is 14.8. The van der Waals surface area contributed by atoms with Crippen LogP contribution >= 0.6 is 15.9 Å². The molecular formula is C12H13BrN2O3. The third kappa shape index (κ3) is 3.08. The maximum absolute atomic E-state index is 11.7. The van der Waals surface area contributed by atoms with Crippen LogP contribution in [0.5, 0.6) is 0 Å². The van der Waals surface area contributed by atoms with Crippen LogP contribution in [0.25, 0.3) is 0 Å². The van der Waals surface area contributed by atoms with Crippen LogP contribution in [-0.2, 0) is 4.79 Å². The molecule has 1 aliphatic heterocycles. The van der Waals surface area contributed by atoms with Gasteiger partial charge in [0.05, 0.1) is 5.56 Å². The van der Waals surface area contributed by atoms with Crippen LogP contribution in [-0.4, -0.2) is 30.1 Å². The number of carboxylic acids is 1. The first-order valence-electron chi connectivity index (χ1n) is 5.59. The molecule has 2 rings (SSSR count). The fourth-order valence-electron chi connectivity index (χ4n) is 1.73. The highest BCUT2D eigenvalue weighted by Crippen LogP contribution is 2.21. The number of nitrogens with one attached hydrogen (secondary N) is 2. The Hall–Kier alpha value is -1.40. The number of hydrogen-bond donors (Lipinski definition) is 3. The van der Waals surface area contributed by atoms with Crippen molar-refractivity contribution in [3.8, 4) is 0 Å². The predicted octanol–water partition coefficient (Wildman–Crippen LogP) is 1.70. The molecule has 1 amide bonds. The number of halogens is 1. The van der Waals surface area contributed by atoms with Crippen molar-refractivity contribution in [3.63, 3.8) is 0 Å². The Morgan fingerprint density at radius 1 is 1.44 bits per heavy atom. The molecule has 96 valence electrons. The van der Waals surface area contributed by atoms with Crippen LogP contribution < -0.4 is 10.6 Å². The molecule has 6 heteroatoms. The number of carbonyl (C=O) groups excluding carboxylic acids is 1. The number of hydrogen-bond acceptors (Lipinski definition) is 3. The first-order valence-corrected chi connectivity index (χ1v) is 6.39. The van der Waals surface area contributed by atoms with Crippen molar-refractivity contribution in [2.45, 2.75) is 6.42 Å². The van der Waals surface area contributed by atoms with Gasteiger partial charge in [0.25, 0.3) is 0 Å². The topological polar surface area (TPSA) is 78.4 Å². The first kappa shape index (κ1) is 13.0. The third-order valence-corrected chi connectivity index (χ3v) is 3.51. The van der Waals surface area contributed by atoms with Gasteiger partial charge in [-0.1, -0.05) is 0 Å². The van der Waals surface area contributed by atoms with Gasteiger partial charge in [-0.3, -0.25) is 4.79 Å². The molecule has 0 aliphatic carbocycles. The molecule has 0 bridgehead atoms. The van der Waals surface area contributed by atoms with E-state index in [2.05, 4.69) is 26.6 Å². The molecule has 5 nitrogen and oxygen atoms in total. The Kier molecular flexibility index (Phi) is 3.98. The van der Waals surface area contributed by atoms with Crippen LogP contribution in [0.3, 0.4) is 0 Å². The fourth-order valence-corrected chi connectivity index (χ4v) is 2.15. The van der Waals surface area contributed by atoms with Crippen molar-refractivity contribution >= 4 is 33.5 Å². The lowest BCUT2D eigenvalue weighted by Gasteiger charge is -2.26. The van der Waals surface area contributed by atoms with Gasteiger partial charge in [-0.05, 0) is 53.1 Å². The molecule has 0 atom stereocenters. The molecule has 0 aromatic heterocycles. The van der Waals surface area contributed by atoms with Crippen molar-refractivity contribution in [1.29, 1.82) is 0 Å². The molecule has 0 radical (unpaired) electrons. The third-order valence-electron chi connectivity index (χ3n) is 2.82. The maximum atomic E-state index is 11.7. The normalized spacial score (nSPS) is 14.9. The molecule has 1 saturated heterocycles. The Morgan fingerprint density at radius 2 is 2.17 bits per heavy atom. The van der Waals surface area contributed by atoms with E-state index in [1.54, 1.807) is 12.1 Å². The summed E-state index contributed by atoms with van der Waals surface area (Å²) in [6, 6.07) is 4.74. The summed E-state index contributed by atoms with van der Waals surface area (Å²) in [7, 11) is 0. The van der Waals surface area contributed by atoms with Crippen LogP contribution in [0.15, 0.2) is 22.7 Å². The Labute approximate surface area is 113 Å². The monoisotopic (exact) mass is 312 g/mol. The van der Waals surface area contributed by atoms with E-state index in [0.29, 0.717) is 22.5 Å². The molecule has 1 aliphatic rings. The van der Waals surface area contributed by atoms with Gasteiger partial charge >= 0.3 is 5.97 Å². The van der Waals surface area contributed by atoms with Crippen LogP contribution in [0.1, 0.15) is 16.8 Å². The second-order valence-corrected chi connectivity index (χ2v) is 5.13. The lowest BCUT2D eigenvalue weighted by atomic mass is 9.99. The van der Waals surface area contributed by atoms with Gasteiger partial charge in [0, 0.05) is 16.6 Å². The van der Waals surface area contributed by atoms with Gasteiger partial charge in [0.2, 0.25) is 5.91 Å². The van der Waals surface area contributed by atoms with Gasteiger partial charge in [0.1, 0.15) is 0 Å². The Morgan fingerprint density at radius 3 is 2.72 bits per heavy atom. The quantitative estimate of drug-likeness (QED) is 0.790. The van der Waals surface area contributed by atoms with Gasteiger partial charge in [-0.25, -0.2) is 4.79 Å². The molecule has 1 aromatic rings. The standard InChI is InChI=1S/C12H13BrN2O3/c13-10-2-1-8(4-9(10)12(17)18)15-11(16)3-7-5-14-6-7/h1-2,4,7,14H,3,5-6H2,(H,15,16)(H,17,18). The molecule has 3 N–H and O–H groups in total. The zero-order valence-electron chi connectivity index (χ0n) is 9.57. The molecule has 1 heterocycles. The van der Waals surface area contributed by atoms with Crippen molar-refractivity contribution in [3.05, 3.63) is 28.2 Å². The highest BCUT2D eigenvalue weighted by molar-refractivity contribution is 9.10. The SMILES string of the molecule is O=C(CC1CNC1)Nc1ccc(Br)c(C(=O)O)c1. The molecule has 1 aromatic carbocycles. The summed E-state index contributed by atoms with van der Waals surface area (Å²) in [6.07, 6.45) is 0.464. The summed E-state index contributed by atoms with van der Waals surface area (Å²) in [4.78, 5) is 22.6. The highest BCUT2D eigenvalue weighted by atomic mass is 79.9. The summed E-state index contributed by atoms with van der Waals surface area (Å²) >= 11 is 3.16. The second-order valence-electron chi connectivity index (χ2n) is 4.28. The zero-order valence-corrected chi connectivity index (χ0v) is 11.2. The van der Waals surface area contributed by atoms with Crippen molar-refractivity contribution < 1.29 is 14.7 Å². The summed E-state index contributed by atoms with van der Waals surface area (Å²) in [6.45, 7) is 1.74. The van der Waals surface area contributed by atoms with Crippen molar-refractivity contribution in [1.82, 2.24) is 5.32 Å². The van der Waals surface area contributed by atoms with E-state index in [4.69, 9.17) is 5.11 Å². The van der Waals surface area contributed by atoms with E-state index in [1.807, 2.05) is 0 Å². The van der Waals surface area contributed by atoms with E-state index < -0.39 is 5.97 Å².